The number of rotatable bonds is 4. The molecule has 2 aliphatic rings. The van der Waals surface area contributed by atoms with Gasteiger partial charge in [-0.15, -0.1) is 0 Å². The van der Waals surface area contributed by atoms with Crippen LogP contribution in [0.3, 0.4) is 0 Å². The molecule has 2 saturated heterocycles. The molecule has 6 aromatic rings. The van der Waals surface area contributed by atoms with E-state index in [0.717, 1.165) is 46.7 Å². The van der Waals surface area contributed by atoms with Crippen LogP contribution in [0.25, 0.3) is 50.2 Å². The second kappa shape index (κ2) is 8.19. The molecular weight excluding hydrogens is 479 g/mol. The van der Waals surface area contributed by atoms with Gasteiger partial charge < -0.3 is 10.2 Å². The number of aromatic amines is 1. The molecule has 0 aliphatic carbocycles. The number of pyridine rings is 1. The van der Waals surface area contributed by atoms with Crippen molar-refractivity contribution in [1.82, 2.24) is 35.1 Å². The van der Waals surface area contributed by atoms with E-state index < -0.39 is 0 Å². The number of fused-ring (bicyclic) bond motifs is 4. The first-order chi connectivity index (χ1) is 18.7. The molecule has 8 nitrogen and oxygen atoms in total. The maximum Gasteiger partial charge on any atom is 0.164 e. The summed E-state index contributed by atoms with van der Waals surface area (Å²) in [5, 5.41) is 16.2. The summed E-state index contributed by atoms with van der Waals surface area (Å²) < 4.78 is 16.4. The molecule has 9 heteroatoms. The zero-order valence-electron chi connectivity index (χ0n) is 20.3. The Morgan fingerprint density at radius 1 is 0.921 bits per heavy atom. The van der Waals surface area contributed by atoms with Gasteiger partial charge in [-0.1, -0.05) is 18.2 Å². The van der Waals surface area contributed by atoms with Crippen LogP contribution in [-0.2, 0) is 0 Å². The highest BCUT2D eigenvalue weighted by Gasteiger charge is 2.37. The summed E-state index contributed by atoms with van der Waals surface area (Å²) in [6, 6.07) is 18.9. The fraction of sp³-hybridized carbons (Fsp3) is 0.172. The summed E-state index contributed by atoms with van der Waals surface area (Å²) >= 11 is 0. The van der Waals surface area contributed by atoms with Gasteiger partial charge in [-0.3, -0.25) is 10.1 Å². The smallest absolute Gasteiger partial charge is 0.164 e. The SMILES string of the molecule is Fc1ccc(-c2c(-c3ccncc3)nn3c(-c4ccc(N5CC6CC5CN6)cc4)ccnc23)c2cn[nH]c12. The molecule has 38 heavy (non-hydrogen) atoms. The third-order valence-electron chi connectivity index (χ3n) is 7.86. The molecule has 2 fully saturated rings. The standard InChI is InChI=1S/C29H23FN8/c30-24-6-5-22(23-15-34-35-28(23)24)26-27(18-7-10-31-11-8-18)36-38-25(9-12-32-29(26)38)17-1-3-20(4-2-17)37-16-19-13-21(37)14-33-19/h1-12,15,19,21,33H,13-14,16H2,(H,34,35). The van der Waals surface area contributed by atoms with Crippen LogP contribution in [0.1, 0.15) is 6.42 Å². The minimum Gasteiger partial charge on any atom is -0.366 e. The van der Waals surface area contributed by atoms with E-state index in [0.29, 0.717) is 28.6 Å². The molecule has 8 rings (SSSR count). The number of nitrogens with one attached hydrogen (secondary N) is 2. The summed E-state index contributed by atoms with van der Waals surface area (Å²) in [6.45, 7) is 2.11. The van der Waals surface area contributed by atoms with Crippen molar-refractivity contribution in [3.8, 4) is 33.6 Å². The Bertz CT molecular complexity index is 1810. The first kappa shape index (κ1) is 21.5. The van der Waals surface area contributed by atoms with Crippen LogP contribution in [0.2, 0.25) is 0 Å². The van der Waals surface area contributed by atoms with Crippen molar-refractivity contribution in [3.63, 3.8) is 0 Å². The number of aromatic nitrogens is 6. The number of hydrogen-bond acceptors (Lipinski definition) is 6. The van der Waals surface area contributed by atoms with Crippen LogP contribution in [0.4, 0.5) is 10.1 Å². The Morgan fingerprint density at radius 2 is 1.79 bits per heavy atom. The van der Waals surface area contributed by atoms with E-state index in [1.165, 1.54) is 18.2 Å². The van der Waals surface area contributed by atoms with Crippen LogP contribution in [0, 0.1) is 5.82 Å². The maximum absolute atomic E-state index is 14.5. The number of nitrogens with zero attached hydrogens (tertiary/aromatic N) is 6. The van der Waals surface area contributed by atoms with E-state index >= 15 is 0 Å². The van der Waals surface area contributed by atoms with Crippen LogP contribution < -0.4 is 10.2 Å². The van der Waals surface area contributed by atoms with Crippen LogP contribution >= 0.6 is 0 Å². The zero-order valence-corrected chi connectivity index (χ0v) is 20.3. The van der Waals surface area contributed by atoms with E-state index in [4.69, 9.17) is 10.1 Å². The van der Waals surface area contributed by atoms with Crippen molar-refractivity contribution < 1.29 is 4.39 Å². The molecule has 4 aromatic heterocycles. The number of piperazine rings is 1. The number of halogens is 1. The molecule has 0 saturated carbocycles. The zero-order chi connectivity index (χ0) is 25.2. The lowest BCUT2D eigenvalue weighted by atomic mass is 9.98. The van der Waals surface area contributed by atoms with Gasteiger partial charge >= 0.3 is 0 Å². The third kappa shape index (κ3) is 3.18. The number of H-pyrrole nitrogens is 1. The summed E-state index contributed by atoms with van der Waals surface area (Å²) in [5.74, 6) is -0.348. The Labute approximate surface area is 217 Å². The normalized spacial score (nSPS) is 18.7. The lowest BCUT2D eigenvalue weighted by Gasteiger charge is -2.29. The number of anilines is 1. The first-order valence-corrected chi connectivity index (χ1v) is 12.7. The predicted molar refractivity (Wildman–Crippen MR) is 144 cm³/mol. The molecule has 2 atom stereocenters. The van der Waals surface area contributed by atoms with Gasteiger partial charge in [0.15, 0.2) is 5.65 Å². The minimum atomic E-state index is -0.348. The average Bonchev–Trinajstić information content (AvgIpc) is 3.77. The highest BCUT2D eigenvalue weighted by Crippen LogP contribution is 2.39. The van der Waals surface area contributed by atoms with Crippen molar-refractivity contribution in [2.24, 2.45) is 0 Å². The molecule has 0 spiro atoms. The lowest BCUT2D eigenvalue weighted by Crippen LogP contribution is -2.43. The van der Waals surface area contributed by atoms with E-state index in [-0.39, 0.29) is 5.82 Å². The number of hydrogen-bond donors (Lipinski definition) is 2. The Morgan fingerprint density at radius 3 is 2.58 bits per heavy atom. The van der Waals surface area contributed by atoms with Gasteiger partial charge in [-0.2, -0.15) is 10.2 Å². The average molecular weight is 503 g/mol. The van der Waals surface area contributed by atoms with Gasteiger partial charge in [0.1, 0.15) is 17.0 Å². The van der Waals surface area contributed by atoms with Gasteiger partial charge in [0, 0.05) is 66.0 Å². The maximum atomic E-state index is 14.5. The second-order valence-corrected chi connectivity index (χ2v) is 9.97. The van der Waals surface area contributed by atoms with Crippen molar-refractivity contribution in [3.05, 3.63) is 85.2 Å². The third-order valence-corrected chi connectivity index (χ3v) is 7.86. The van der Waals surface area contributed by atoms with Gasteiger partial charge in [0.2, 0.25) is 0 Å². The summed E-state index contributed by atoms with van der Waals surface area (Å²) in [6.07, 6.45) is 8.16. The number of benzene rings is 2. The van der Waals surface area contributed by atoms with Crippen LogP contribution in [-0.4, -0.2) is 55.0 Å². The van der Waals surface area contributed by atoms with Gasteiger partial charge in [-0.25, -0.2) is 13.9 Å². The first-order valence-electron chi connectivity index (χ1n) is 12.7. The van der Waals surface area contributed by atoms with E-state index in [1.807, 2.05) is 22.7 Å². The molecule has 2 aromatic carbocycles. The highest BCUT2D eigenvalue weighted by molar-refractivity contribution is 6.03. The molecule has 2 N–H and O–H groups in total. The van der Waals surface area contributed by atoms with Crippen molar-refractivity contribution in [2.45, 2.75) is 18.5 Å². The molecule has 2 aliphatic heterocycles. The van der Waals surface area contributed by atoms with Gasteiger partial charge in [0.25, 0.3) is 0 Å². The van der Waals surface area contributed by atoms with Crippen molar-refractivity contribution in [2.75, 3.05) is 18.0 Å². The van der Waals surface area contributed by atoms with Crippen molar-refractivity contribution in [1.29, 1.82) is 0 Å². The second-order valence-electron chi connectivity index (χ2n) is 9.97. The summed E-state index contributed by atoms with van der Waals surface area (Å²) in [5.41, 5.74) is 7.57. The fourth-order valence-corrected chi connectivity index (χ4v) is 6.04. The largest absolute Gasteiger partial charge is 0.366 e. The molecule has 0 radical (unpaired) electrons. The molecule has 0 amide bonds. The van der Waals surface area contributed by atoms with Crippen LogP contribution in [0.5, 0.6) is 0 Å². The topological polar surface area (TPSA) is 87.0 Å². The van der Waals surface area contributed by atoms with E-state index in [9.17, 15) is 4.39 Å². The summed E-state index contributed by atoms with van der Waals surface area (Å²) in [7, 11) is 0. The molecule has 2 bridgehead atoms. The molecule has 186 valence electrons. The lowest BCUT2D eigenvalue weighted by molar-refractivity contribution is 0.580. The fourth-order valence-electron chi connectivity index (χ4n) is 6.04. The van der Waals surface area contributed by atoms with E-state index in [2.05, 4.69) is 49.7 Å². The monoisotopic (exact) mass is 502 g/mol. The van der Waals surface area contributed by atoms with Gasteiger partial charge in [0.05, 0.1) is 17.5 Å². The minimum absolute atomic E-state index is 0.348. The Kier molecular flexibility index (Phi) is 4.62. The Balaban J connectivity index is 1.31. The van der Waals surface area contributed by atoms with E-state index in [1.54, 1.807) is 30.9 Å². The van der Waals surface area contributed by atoms with Crippen molar-refractivity contribution >= 4 is 22.2 Å². The predicted octanol–water partition coefficient (Wildman–Crippen LogP) is 4.69. The van der Waals surface area contributed by atoms with Crippen LogP contribution in [0.15, 0.2) is 79.4 Å². The quantitative estimate of drug-likeness (QED) is 0.364. The molecular formula is C29H23FN8. The summed E-state index contributed by atoms with van der Waals surface area (Å²) in [4.78, 5) is 11.4. The molecule has 2 unspecified atom stereocenters. The van der Waals surface area contributed by atoms with Gasteiger partial charge in [-0.05, 0) is 48.4 Å². The molecule has 6 heterocycles. The highest BCUT2D eigenvalue weighted by atomic mass is 19.1. The Hall–Kier alpha value is -4.63.